The van der Waals surface area contributed by atoms with E-state index < -0.39 is 10.0 Å². The number of pyridine rings is 2. The number of sulfonamides is 1. The van der Waals surface area contributed by atoms with Gasteiger partial charge in [0.15, 0.2) is 0 Å². The SMILES string of the molecule is CC(Nc1ncccc1-c1cn(C)c(=O)c2cc(CN3CCN(S(C)(=O)=O)CC3)oc12)c1ccccc1. The molecule has 0 aliphatic carbocycles. The van der Waals surface area contributed by atoms with Crippen LogP contribution < -0.4 is 10.9 Å². The Bertz CT molecular complexity index is 1570. The van der Waals surface area contributed by atoms with Crippen molar-refractivity contribution in [3.8, 4) is 11.1 Å². The highest BCUT2D eigenvalue weighted by Gasteiger charge is 2.25. The van der Waals surface area contributed by atoms with Crippen LogP contribution in [0.5, 0.6) is 0 Å². The Kier molecular flexibility index (Phi) is 6.89. The van der Waals surface area contributed by atoms with E-state index in [1.54, 1.807) is 30.1 Å². The zero-order chi connectivity index (χ0) is 26.2. The molecule has 4 aromatic rings. The molecule has 1 atom stereocenters. The number of fused-ring (bicyclic) bond motifs is 1. The van der Waals surface area contributed by atoms with Crippen molar-refractivity contribution in [3.05, 3.63) is 82.6 Å². The van der Waals surface area contributed by atoms with Gasteiger partial charge >= 0.3 is 0 Å². The molecular formula is C27H31N5O4S. The van der Waals surface area contributed by atoms with Crippen molar-refractivity contribution >= 4 is 26.8 Å². The second kappa shape index (κ2) is 10.1. The highest BCUT2D eigenvalue weighted by Crippen LogP contribution is 2.34. The first kappa shape index (κ1) is 25.2. The van der Waals surface area contributed by atoms with Crippen molar-refractivity contribution in [2.24, 2.45) is 7.05 Å². The van der Waals surface area contributed by atoms with Crippen molar-refractivity contribution in [2.75, 3.05) is 37.8 Å². The average Bonchev–Trinajstić information content (AvgIpc) is 3.31. The van der Waals surface area contributed by atoms with Crippen molar-refractivity contribution in [1.29, 1.82) is 0 Å². The van der Waals surface area contributed by atoms with Crippen molar-refractivity contribution < 1.29 is 12.8 Å². The topological polar surface area (TPSA) is 101 Å². The summed E-state index contributed by atoms with van der Waals surface area (Å²) >= 11 is 0. The molecule has 1 saturated heterocycles. The maximum Gasteiger partial charge on any atom is 0.261 e. The quantitative estimate of drug-likeness (QED) is 0.398. The van der Waals surface area contributed by atoms with Crippen LogP contribution in [-0.2, 0) is 23.6 Å². The Morgan fingerprint density at radius 1 is 1.05 bits per heavy atom. The summed E-state index contributed by atoms with van der Waals surface area (Å²) in [5, 5.41) is 4.02. The molecule has 1 aliphatic heterocycles. The molecule has 1 unspecified atom stereocenters. The van der Waals surface area contributed by atoms with E-state index in [-0.39, 0.29) is 11.6 Å². The van der Waals surface area contributed by atoms with E-state index >= 15 is 0 Å². The van der Waals surface area contributed by atoms with Gasteiger partial charge in [-0.2, -0.15) is 4.31 Å². The first-order valence-corrected chi connectivity index (χ1v) is 14.1. The van der Waals surface area contributed by atoms with Gasteiger partial charge in [0, 0.05) is 62.8 Å². The Morgan fingerprint density at radius 2 is 1.78 bits per heavy atom. The third-order valence-electron chi connectivity index (χ3n) is 6.83. The lowest BCUT2D eigenvalue weighted by molar-refractivity contribution is 0.172. The minimum absolute atomic E-state index is 0.0237. The second-order valence-electron chi connectivity index (χ2n) is 9.53. The molecule has 1 N–H and O–H groups in total. The van der Waals surface area contributed by atoms with Gasteiger partial charge in [-0.15, -0.1) is 0 Å². The van der Waals surface area contributed by atoms with E-state index in [1.807, 2.05) is 30.3 Å². The van der Waals surface area contributed by atoms with Crippen molar-refractivity contribution in [1.82, 2.24) is 18.8 Å². The van der Waals surface area contributed by atoms with Gasteiger partial charge in [0.2, 0.25) is 10.0 Å². The molecule has 1 aliphatic rings. The van der Waals surface area contributed by atoms with Crippen LogP contribution in [0.4, 0.5) is 5.82 Å². The second-order valence-corrected chi connectivity index (χ2v) is 11.5. The summed E-state index contributed by atoms with van der Waals surface area (Å²) in [5.41, 5.74) is 3.15. The number of aryl methyl sites for hydroxylation is 1. The fourth-order valence-corrected chi connectivity index (χ4v) is 5.61. The molecule has 0 saturated carbocycles. The highest BCUT2D eigenvalue weighted by molar-refractivity contribution is 7.88. The van der Waals surface area contributed by atoms with Crippen LogP contribution in [0.25, 0.3) is 22.1 Å². The molecule has 5 rings (SSSR count). The normalized spacial score (nSPS) is 16.2. The predicted octanol–water partition coefficient (Wildman–Crippen LogP) is 3.44. The number of furan rings is 1. The third-order valence-corrected chi connectivity index (χ3v) is 8.13. The van der Waals surface area contributed by atoms with Crippen LogP contribution in [0.2, 0.25) is 0 Å². The molecule has 1 aromatic carbocycles. The maximum absolute atomic E-state index is 13.0. The highest BCUT2D eigenvalue weighted by atomic mass is 32.2. The smallest absolute Gasteiger partial charge is 0.261 e. The minimum atomic E-state index is -3.19. The first-order valence-electron chi connectivity index (χ1n) is 12.3. The van der Waals surface area contributed by atoms with Crippen LogP contribution >= 0.6 is 0 Å². The van der Waals surface area contributed by atoms with Crippen LogP contribution in [0.1, 0.15) is 24.3 Å². The zero-order valence-electron chi connectivity index (χ0n) is 21.2. The molecule has 194 valence electrons. The largest absolute Gasteiger partial charge is 0.459 e. The van der Waals surface area contributed by atoms with Gasteiger partial charge in [-0.3, -0.25) is 9.69 Å². The number of benzene rings is 1. The number of hydrogen-bond acceptors (Lipinski definition) is 7. The molecule has 10 heteroatoms. The van der Waals surface area contributed by atoms with Gasteiger partial charge in [0.25, 0.3) is 5.56 Å². The number of anilines is 1. The molecule has 0 bridgehead atoms. The van der Waals surface area contributed by atoms with Gasteiger partial charge in [-0.25, -0.2) is 13.4 Å². The summed E-state index contributed by atoms with van der Waals surface area (Å²) in [7, 11) is -1.46. The average molecular weight is 522 g/mol. The van der Waals surface area contributed by atoms with Gasteiger partial charge in [0.05, 0.1) is 18.2 Å². The fraction of sp³-hybridized carbons (Fsp3) is 0.333. The summed E-state index contributed by atoms with van der Waals surface area (Å²) in [4.78, 5) is 19.7. The van der Waals surface area contributed by atoms with Crippen LogP contribution in [-0.4, -0.2) is 59.6 Å². The van der Waals surface area contributed by atoms with E-state index in [4.69, 9.17) is 4.42 Å². The summed E-state index contributed by atoms with van der Waals surface area (Å²) < 4.78 is 33.0. The summed E-state index contributed by atoms with van der Waals surface area (Å²) in [5.74, 6) is 1.37. The monoisotopic (exact) mass is 521 g/mol. The molecule has 9 nitrogen and oxygen atoms in total. The molecule has 3 aromatic heterocycles. The third kappa shape index (κ3) is 5.31. The summed E-state index contributed by atoms with van der Waals surface area (Å²) in [6.45, 7) is 4.66. The molecule has 37 heavy (non-hydrogen) atoms. The first-order chi connectivity index (χ1) is 17.7. The Balaban J connectivity index is 1.46. The number of piperazine rings is 1. The van der Waals surface area contributed by atoms with E-state index in [1.165, 1.54) is 10.6 Å². The number of hydrogen-bond donors (Lipinski definition) is 1. The molecule has 1 fully saturated rings. The molecule has 0 spiro atoms. The van der Waals surface area contributed by atoms with E-state index in [0.29, 0.717) is 55.3 Å². The molecule has 4 heterocycles. The van der Waals surface area contributed by atoms with Gasteiger partial charge in [0.1, 0.15) is 17.2 Å². The standard InChI is InChI=1S/C27H31N5O4S/c1-19(20-8-5-4-6-9-20)29-26-22(10-7-11-28-26)24-18-30(2)27(33)23-16-21(36-25(23)24)17-31-12-14-32(15-13-31)37(3,34)35/h4-11,16,18-19H,12-15,17H2,1-3H3,(H,28,29). The lowest BCUT2D eigenvalue weighted by Gasteiger charge is -2.32. The lowest BCUT2D eigenvalue weighted by Crippen LogP contribution is -2.47. The number of rotatable bonds is 7. The van der Waals surface area contributed by atoms with Crippen molar-refractivity contribution in [2.45, 2.75) is 19.5 Å². The maximum atomic E-state index is 13.0. The zero-order valence-corrected chi connectivity index (χ0v) is 22.0. The Morgan fingerprint density at radius 3 is 2.49 bits per heavy atom. The van der Waals surface area contributed by atoms with E-state index in [9.17, 15) is 13.2 Å². The summed E-state index contributed by atoms with van der Waals surface area (Å²) in [6.07, 6.45) is 4.77. The molecule has 0 radical (unpaired) electrons. The van der Waals surface area contributed by atoms with Crippen LogP contribution in [0, 0.1) is 0 Å². The van der Waals surface area contributed by atoms with Crippen molar-refractivity contribution in [3.63, 3.8) is 0 Å². The minimum Gasteiger partial charge on any atom is -0.459 e. The fourth-order valence-electron chi connectivity index (χ4n) is 4.78. The van der Waals surface area contributed by atoms with Gasteiger partial charge < -0.3 is 14.3 Å². The molecular weight excluding hydrogens is 490 g/mol. The Labute approximate surface area is 216 Å². The Hall–Kier alpha value is -3.47. The molecule has 0 amide bonds. The predicted molar refractivity (Wildman–Crippen MR) is 145 cm³/mol. The lowest BCUT2D eigenvalue weighted by atomic mass is 10.0. The van der Waals surface area contributed by atoms with E-state index in [0.717, 1.165) is 16.7 Å². The number of nitrogens with zero attached hydrogens (tertiary/aromatic N) is 4. The van der Waals surface area contributed by atoms with Crippen LogP contribution in [0.3, 0.4) is 0 Å². The summed E-state index contributed by atoms with van der Waals surface area (Å²) in [6, 6.07) is 15.8. The number of aromatic nitrogens is 2. The van der Waals surface area contributed by atoms with Gasteiger partial charge in [-0.05, 0) is 30.7 Å². The number of nitrogens with one attached hydrogen (secondary N) is 1. The van der Waals surface area contributed by atoms with Gasteiger partial charge in [-0.1, -0.05) is 30.3 Å². The van der Waals surface area contributed by atoms with E-state index in [2.05, 4.69) is 34.3 Å². The van der Waals surface area contributed by atoms with Crippen LogP contribution in [0.15, 0.2) is 70.1 Å².